The molecule has 0 bridgehead atoms. The van der Waals surface area contributed by atoms with Crippen LogP contribution in [0.5, 0.6) is 0 Å². The van der Waals surface area contributed by atoms with Crippen molar-refractivity contribution in [2.45, 2.75) is 38.9 Å². The molecule has 0 aromatic rings. The van der Waals surface area contributed by atoms with Gasteiger partial charge in [0.15, 0.2) is 0 Å². The van der Waals surface area contributed by atoms with Gasteiger partial charge in [-0.25, -0.2) is 0 Å². The van der Waals surface area contributed by atoms with Crippen LogP contribution in [0.25, 0.3) is 0 Å². The third-order valence-corrected chi connectivity index (χ3v) is 2.54. The van der Waals surface area contributed by atoms with Gasteiger partial charge < -0.3 is 21.3 Å². The molecule has 1 aliphatic heterocycles. The lowest BCUT2D eigenvalue weighted by atomic mass is 10.2. The smallest absolute Gasteiger partial charge is 0.242 e. The Hall–Kier alpha value is -1.14. The topological polar surface area (TPSA) is 82.3 Å². The number of amides is 2. The van der Waals surface area contributed by atoms with Gasteiger partial charge in [0.05, 0.1) is 6.04 Å². The predicted octanol–water partition coefficient (Wildman–Crippen LogP) is -1.42. The van der Waals surface area contributed by atoms with Gasteiger partial charge in [-0.05, 0) is 20.8 Å². The zero-order valence-corrected chi connectivity index (χ0v) is 10.7. The van der Waals surface area contributed by atoms with Crippen LogP contribution in [0.15, 0.2) is 0 Å². The van der Waals surface area contributed by atoms with E-state index in [2.05, 4.69) is 21.3 Å². The molecule has 6 heteroatoms. The zero-order valence-electron chi connectivity index (χ0n) is 10.7. The Balaban J connectivity index is 2.36. The van der Waals surface area contributed by atoms with Gasteiger partial charge in [-0.3, -0.25) is 9.59 Å². The lowest BCUT2D eigenvalue weighted by Crippen LogP contribution is -2.58. The molecule has 1 aliphatic rings. The van der Waals surface area contributed by atoms with E-state index in [4.69, 9.17) is 0 Å². The first-order valence-electron chi connectivity index (χ1n) is 6.05. The molecule has 1 fully saturated rings. The minimum atomic E-state index is -0.506. The summed E-state index contributed by atoms with van der Waals surface area (Å²) in [6.07, 6.45) is 0. The minimum Gasteiger partial charge on any atom is -0.352 e. The summed E-state index contributed by atoms with van der Waals surface area (Å²) >= 11 is 0. The summed E-state index contributed by atoms with van der Waals surface area (Å²) in [5.74, 6) is -0.291. The van der Waals surface area contributed by atoms with Gasteiger partial charge in [0.25, 0.3) is 0 Å². The number of hydrogen-bond acceptors (Lipinski definition) is 4. The van der Waals surface area contributed by atoms with E-state index in [0.717, 1.165) is 13.1 Å². The average Bonchev–Trinajstić information content (AvgIpc) is 2.29. The molecule has 2 amide bonds. The first-order valence-corrected chi connectivity index (χ1v) is 6.05. The molecule has 0 aromatic carbocycles. The third kappa shape index (κ3) is 4.70. The van der Waals surface area contributed by atoms with Gasteiger partial charge in [-0.15, -0.1) is 0 Å². The van der Waals surface area contributed by atoms with E-state index in [1.165, 1.54) is 0 Å². The lowest BCUT2D eigenvalue weighted by molar-refractivity contribution is -0.130. The second-order valence-corrected chi connectivity index (χ2v) is 4.60. The molecule has 1 saturated heterocycles. The standard InChI is InChI=1S/C11H22N4O2/c1-7(2)14-10(16)8(3)15-11(17)9-6-12-4-5-13-9/h7-9,12-13H,4-6H2,1-3H3,(H,14,16)(H,15,17). The number of carbonyl (C=O) groups excluding carboxylic acids is 2. The third-order valence-electron chi connectivity index (χ3n) is 2.54. The van der Waals surface area contributed by atoms with E-state index < -0.39 is 6.04 Å². The number of piperazine rings is 1. The van der Waals surface area contributed by atoms with Crippen LogP contribution in [0.2, 0.25) is 0 Å². The minimum absolute atomic E-state index is 0.0799. The van der Waals surface area contributed by atoms with E-state index in [9.17, 15) is 9.59 Å². The Labute approximate surface area is 102 Å². The number of hydrogen-bond donors (Lipinski definition) is 4. The van der Waals surface area contributed by atoms with Crippen LogP contribution >= 0.6 is 0 Å². The Kier molecular flexibility index (Phi) is 5.37. The molecule has 2 atom stereocenters. The molecule has 0 aliphatic carbocycles. The molecule has 1 heterocycles. The highest BCUT2D eigenvalue weighted by Crippen LogP contribution is 1.91. The fourth-order valence-electron chi connectivity index (χ4n) is 1.63. The first-order chi connectivity index (χ1) is 8.00. The fraction of sp³-hybridized carbons (Fsp3) is 0.818. The van der Waals surface area contributed by atoms with Gasteiger partial charge in [-0.1, -0.05) is 0 Å². The lowest BCUT2D eigenvalue weighted by Gasteiger charge is -2.25. The number of rotatable bonds is 4. The Morgan fingerprint density at radius 1 is 1.18 bits per heavy atom. The maximum absolute atomic E-state index is 11.8. The maximum atomic E-state index is 11.8. The fourth-order valence-corrected chi connectivity index (χ4v) is 1.63. The van der Waals surface area contributed by atoms with E-state index in [-0.39, 0.29) is 23.9 Å². The zero-order chi connectivity index (χ0) is 12.8. The van der Waals surface area contributed by atoms with Crippen molar-refractivity contribution in [3.8, 4) is 0 Å². The van der Waals surface area contributed by atoms with Crippen LogP contribution in [0.3, 0.4) is 0 Å². The second-order valence-electron chi connectivity index (χ2n) is 4.60. The first kappa shape index (κ1) is 13.9. The van der Waals surface area contributed by atoms with Crippen LogP contribution in [0.4, 0.5) is 0 Å². The normalized spacial score (nSPS) is 22.0. The maximum Gasteiger partial charge on any atom is 0.242 e. The summed E-state index contributed by atoms with van der Waals surface area (Å²) in [6.45, 7) is 7.70. The number of carbonyl (C=O) groups is 2. The summed E-state index contributed by atoms with van der Waals surface area (Å²) in [6, 6.07) is -0.678. The van der Waals surface area contributed by atoms with Crippen LogP contribution in [0.1, 0.15) is 20.8 Å². The van der Waals surface area contributed by atoms with Crippen molar-refractivity contribution in [2.24, 2.45) is 0 Å². The van der Waals surface area contributed by atoms with E-state index >= 15 is 0 Å². The van der Waals surface area contributed by atoms with Crippen LogP contribution in [-0.2, 0) is 9.59 Å². The summed E-state index contributed by atoms with van der Waals surface area (Å²) < 4.78 is 0. The highest BCUT2D eigenvalue weighted by Gasteiger charge is 2.23. The van der Waals surface area contributed by atoms with Crippen LogP contribution in [0, 0.1) is 0 Å². The molecule has 17 heavy (non-hydrogen) atoms. The average molecular weight is 242 g/mol. The quantitative estimate of drug-likeness (QED) is 0.487. The van der Waals surface area contributed by atoms with Gasteiger partial charge in [-0.2, -0.15) is 0 Å². The molecule has 98 valence electrons. The highest BCUT2D eigenvalue weighted by molar-refractivity contribution is 5.89. The van der Waals surface area contributed by atoms with Crippen molar-refractivity contribution >= 4 is 11.8 Å². The van der Waals surface area contributed by atoms with Gasteiger partial charge in [0.1, 0.15) is 6.04 Å². The van der Waals surface area contributed by atoms with E-state index in [1.54, 1.807) is 6.92 Å². The van der Waals surface area contributed by atoms with Gasteiger partial charge in [0, 0.05) is 25.7 Å². The molecule has 0 saturated carbocycles. The molecule has 1 rings (SSSR count). The van der Waals surface area contributed by atoms with Crippen molar-refractivity contribution in [3.05, 3.63) is 0 Å². The van der Waals surface area contributed by atoms with Crippen molar-refractivity contribution in [1.29, 1.82) is 0 Å². The van der Waals surface area contributed by atoms with Crippen LogP contribution < -0.4 is 21.3 Å². The van der Waals surface area contributed by atoms with Gasteiger partial charge >= 0.3 is 0 Å². The largest absolute Gasteiger partial charge is 0.352 e. The molecular formula is C11H22N4O2. The Bertz CT molecular complexity index is 275. The molecule has 2 unspecified atom stereocenters. The molecular weight excluding hydrogens is 220 g/mol. The van der Waals surface area contributed by atoms with Gasteiger partial charge in [0.2, 0.25) is 11.8 Å². The number of nitrogens with one attached hydrogen (secondary N) is 4. The van der Waals surface area contributed by atoms with E-state index in [1.807, 2.05) is 13.8 Å². The van der Waals surface area contributed by atoms with E-state index in [0.29, 0.717) is 6.54 Å². The van der Waals surface area contributed by atoms with Crippen molar-refractivity contribution < 1.29 is 9.59 Å². The highest BCUT2D eigenvalue weighted by atomic mass is 16.2. The summed E-state index contributed by atoms with van der Waals surface area (Å²) in [5, 5.41) is 11.7. The summed E-state index contributed by atoms with van der Waals surface area (Å²) in [5.41, 5.74) is 0. The molecule has 0 aromatic heterocycles. The molecule has 4 N–H and O–H groups in total. The monoisotopic (exact) mass is 242 g/mol. The molecule has 6 nitrogen and oxygen atoms in total. The second kappa shape index (κ2) is 6.56. The van der Waals surface area contributed by atoms with Crippen LogP contribution in [-0.4, -0.2) is 49.6 Å². The van der Waals surface area contributed by atoms with Crippen molar-refractivity contribution in [2.75, 3.05) is 19.6 Å². The summed E-state index contributed by atoms with van der Waals surface area (Å²) in [4.78, 5) is 23.4. The Morgan fingerprint density at radius 2 is 1.88 bits per heavy atom. The van der Waals surface area contributed by atoms with Crippen molar-refractivity contribution in [1.82, 2.24) is 21.3 Å². The summed E-state index contributed by atoms with van der Waals surface area (Å²) in [7, 11) is 0. The van der Waals surface area contributed by atoms with Crippen molar-refractivity contribution in [3.63, 3.8) is 0 Å². The SMILES string of the molecule is CC(C)NC(=O)C(C)NC(=O)C1CNCCN1. The molecule has 0 radical (unpaired) electrons. The molecule has 0 spiro atoms. The Morgan fingerprint density at radius 3 is 2.41 bits per heavy atom. The predicted molar refractivity (Wildman–Crippen MR) is 65.5 cm³/mol.